The number of hydrogen-bond donors (Lipinski definition) is 4. The van der Waals surface area contributed by atoms with Crippen LogP contribution in [0.4, 0.5) is 10.7 Å². The van der Waals surface area contributed by atoms with Gasteiger partial charge in [-0.2, -0.15) is 0 Å². The zero-order chi connectivity index (χ0) is 20.8. The smallest absolute Gasteiger partial charge is 0.321 e. The minimum atomic E-state index is -0.527. The van der Waals surface area contributed by atoms with Gasteiger partial charge in [0, 0.05) is 57.6 Å². The quantitative estimate of drug-likeness (QED) is 0.438. The van der Waals surface area contributed by atoms with Gasteiger partial charge in [-0.1, -0.05) is 18.2 Å². The van der Waals surface area contributed by atoms with Crippen molar-refractivity contribution in [2.75, 3.05) is 31.1 Å². The molecule has 1 aromatic heterocycles. The van der Waals surface area contributed by atoms with Gasteiger partial charge in [0.15, 0.2) is 5.96 Å². The molecule has 152 valence electrons. The molecule has 29 heavy (non-hydrogen) atoms. The summed E-state index contributed by atoms with van der Waals surface area (Å²) < 4.78 is 0. The van der Waals surface area contributed by atoms with E-state index in [4.69, 9.17) is 11.1 Å². The molecule has 10 heteroatoms. The number of carbonyl (C=O) groups is 2. The van der Waals surface area contributed by atoms with Crippen molar-refractivity contribution in [2.24, 2.45) is 5.73 Å². The first-order chi connectivity index (χ1) is 13.9. The molecule has 0 radical (unpaired) electrons. The summed E-state index contributed by atoms with van der Waals surface area (Å²) >= 11 is 0. The van der Waals surface area contributed by atoms with E-state index in [2.05, 4.69) is 25.5 Å². The molecule has 0 spiro atoms. The Bertz CT molecular complexity index is 891. The average Bonchev–Trinajstić information content (AvgIpc) is 2.72. The molecule has 0 atom stereocenters. The number of aromatic nitrogens is 2. The van der Waals surface area contributed by atoms with Gasteiger partial charge in [0.05, 0.1) is 0 Å². The first-order valence-corrected chi connectivity index (χ1v) is 9.23. The van der Waals surface area contributed by atoms with Crippen molar-refractivity contribution < 1.29 is 9.59 Å². The fourth-order valence-corrected chi connectivity index (χ4v) is 3.06. The lowest BCUT2D eigenvalue weighted by Crippen LogP contribution is -2.48. The molecule has 3 amide bonds. The van der Waals surface area contributed by atoms with E-state index in [0.717, 1.165) is 16.7 Å². The van der Waals surface area contributed by atoms with Crippen LogP contribution in [0.3, 0.4) is 0 Å². The Morgan fingerprint density at radius 3 is 2.45 bits per heavy atom. The van der Waals surface area contributed by atoms with E-state index in [-0.39, 0.29) is 5.91 Å². The van der Waals surface area contributed by atoms with Crippen molar-refractivity contribution >= 4 is 23.8 Å². The predicted octanol–water partition coefficient (Wildman–Crippen LogP) is 0.505. The highest BCUT2D eigenvalue weighted by atomic mass is 16.2. The number of nitrogens with zero attached hydrogens (tertiary/aromatic N) is 4. The highest BCUT2D eigenvalue weighted by molar-refractivity contribution is 5.93. The number of urea groups is 1. The van der Waals surface area contributed by atoms with Crippen molar-refractivity contribution in [3.05, 3.63) is 42.2 Å². The summed E-state index contributed by atoms with van der Waals surface area (Å²) in [6, 6.07) is 7.15. The summed E-state index contributed by atoms with van der Waals surface area (Å²) in [6.45, 7) is 4.65. The Morgan fingerprint density at radius 1 is 1.14 bits per heavy atom. The zero-order valence-electron chi connectivity index (χ0n) is 16.2. The number of carbonyl (C=O) groups excluding carboxylic acids is 2. The van der Waals surface area contributed by atoms with Gasteiger partial charge in [0.2, 0.25) is 11.9 Å². The van der Waals surface area contributed by atoms with Gasteiger partial charge in [-0.15, -0.1) is 0 Å². The van der Waals surface area contributed by atoms with Crippen LogP contribution in [0, 0.1) is 5.41 Å². The van der Waals surface area contributed by atoms with Crippen molar-refractivity contribution in [3.8, 4) is 11.1 Å². The molecule has 0 aliphatic carbocycles. The summed E-state index contributed by atoms with van der Waals surface area (Å²) in [6.07, 6.45) is 3.55. The van der Waals surface area contributed by atoms with Gasteiger partial charge in [0.25, 0.3) is 0 Å². The van der Waals surface area contributed by atoms with Crippen LogP contribution in [0.1, 0.15) is 12.5 Å². The number of guanidine groups is 1. The molecular weight excluding hydrogens is 372 g/mol. The number of amides is 3. The van der Waals surface area contributed by atoms with Gasteiger partial charge in [-0.05, 0) is 17.2 Å². The molecule has 2 aromatic rings. The van der Waals surface area contributed by atoms with Crippen molar-refractivity contribution in [1.29, 1.82) is 5.41 Å². The highest BCUT2D eigenvalue weighted by Crippen LogP contribution is 2.21. The number of nitrogens with one attached hydrogen (secondary N) is 3. The van der Waals surface area contributed by atoms with E-state index in [1.807, 2.05) is 29.2 Å². The number of rotatable bonds is 4. The number of nitrogens with two attached hydrogens (primary N) is 1. The fourth-order valence-electron chi connectivity index (χ4n) is 3.06. The second kappa shape index (κ2) is 9.00. The largest absolute Gasteiger partial charge is 0.370 e. The van der Waals surface area contributed by atoms with E-state index in [0.29, 0.717) is 38.7 Å². The van der Waals surface area contributed by atoms with E-state index in [1.54, 1.807) is 19.3 Å². The van der Waals surface area contributed by atoms with Gasteiger partial charge in [-0.25, -0.2) is 14.8 Å². The molecule has 1 aromatic carbocycles. The van der Waals surface area contributed by atoms with Gasteiger partial charge in [-0.3, -0.25) is 15.5 Å². The molecule has 0 bridgehead atoms. The Balaban J connectivity index is 1.62. The second-order valence-electron chi connectivity index (χ2n) is 6.69. The molecule has 10 nitrogen and oxygen atoms in total. The maximum atomic E-state index is 11.5. The summed E-state index contributed by atoms with van der Waals surface area (Å²) in [7, 11) is 0. The second-order valence-corrected chi connectivity index (χ2v) is 6.69. The van der Waals surface area contributed by atoms with Crippen LogP contribution in [0.25, 0.3) is 11.1 Å². The van der Waals surface area contributed by atoms with Crippen LogP contribution in [-0.2, 0) is 11.3 Å². The number of anilines is 1. The molecule has 5 N–H and O–H groups in total. The third kappa shape index (κ3) is 5.41. The van der Waals surface area contributed by atoms with Gasteiger partial charge < -0.3 is 20.9 Å². The molecule has 1 fully saturated rings. The van der Waals surface area contributed by atoms with Gasteiger partial charge in [0.1, 0.15) is 0 Å². The predicted molar refractivity (Wildman–Crippen MR) is 109 cm³/mol. The lowest BCUT2D eigenvalue weighted by Gasteiger charge is -2.34. The monoisotopic (exact) mass is 396 g/mol. The Labute approximate surface area is 168 Å². The van der Waals surface area contributed by atoms with E-state index < -0.39 is 12.0 Å². The lowest BCUT2D eigenvalue weighted by atomic mass is 10.1. The maximum Gasteiger partial charge on any atom is 0.321 e. The van der Waals surface area contributed by atoms with E-state index in [9.17, 15) is 9.59 Å². The topological polar surface area (TPSA) is 140 Å². The number of piperazine rings is 1. The van der Waals surface area contributed by atoms with Crippen LogP contribution in [0.15, 0.2) is 36.7 Å². The summed E-state index contributed by atoms with van der Waals surface area (Å²) in [4.78, 5) is 35.8. The third-order valence-corrected chi connectivity index (χ3v) is 4.61. The van der Waals surface area contributed by atoms with Crippen molar-refractivity contribution in [3.63, 3.8) is 0 Å². The summed E-state index contributed by atoms with van der Waals surface area (Å²) in [5.41, 5.74) is 7.82. The molecule has 3 rings (SSSR count). The van der Waals surface area contributed by atoms with Crippen LogP contribution in [0.2, 0.25) is 0 Å². The average molecular weight is 396 g/mol. The van der Waals surface area contributed by atoms with Crippen LogP contribution in [0.5, 0.6) is 0 Å². The number of benzene rings is 1. The number of hydrogen-bond acceptors (Lipinski definition) is 6. The van der Waals surface area contributed by atoms with E-state index >= 15 is 0 Å². The lowest BCUT2D eigenvalue weighted by molar-refractivity contribution is -0.129. The standard InChI is InChI=1S/C19H24N8O2/c1-13(28)26-5-7-27(8-6-26)18-22-11-16(12-23-18)15-4-2-3-14(9-15)10-24-19(29)25-17(20)21/h2-4,9,11-12H,5-8,10H2,1H3,(H5,20,21,24,25,29). The normalized spacial score (nSPS) is 13.7. The molecule has 1 saturated heterocycles. The Kier molecular flexibility index (Phi) is 6.22. The first kappa shape index (κ1) is 20.1. The molecule has 0 saturated carbocycles. The molecule has 1 aliphatic heterocycles. The van der Waals surface area contributed by atoms with Gasteiger partial charge >= 0.3 is 6.03 Å². The molecule has 1 aliphatic rings. The Hall–Kier alpha value is -3.69. The minimum Gasteiger partial charge on any atom is -0.370 e. The van der Waals surface area contributed by atoms with Crippen molar-refractivity contribution in [2.45, 2.75) is 13.5 Å². The van der Waals surface area contributed by atoms with Crippen molar-refractivity contribution in [1.82, 2.24) is 25.5 Å². The highest BCUT2D eigenvalue weighted by Gasteiger charge is 2.20. The maximum absolute atomic E-state index is 11.5. The van der Waals surface area contributed by atoms with Crippen LogP contribution < -0.4 is 21.3 Å². The Morgan fingerprint density at radius 2 is 1.83 bits per heavy atom. The zero-order valence-corrected chi connectivity index (χ0v) is 16.2. The van der Waals surface area contributed by atoms with E-state index in [1.165, 1.54) is 0 Å². The minimum absolute atomic E-state index is 0.0917. The first-order valence-electron chi connectivity index (χ1n) is 9.23. The van der Waals surface area contributed by atoms with Crippen LogP contribution >= 0.6 is 0 Å². The molecular formula is C19H24N8O2. The van der Waals surface area contributed by atoms with Crippen LogP contribution in [-0.4, -0.2) is 58.9 Å². The fraction of sp³-hybridized carbons (Fsp3) is 0.316. The SMILES string of the molecule is CC(=O)N1CCN(c2ncc(-c3cccc(CNC(=O)NC(=N)N)c3)cn2)CC1. The summed E-state index contributed by atoms with van der Waals surface area (Å²) in [5, 5.41) is 11.9. The third-order valence-electron chi connectivity index (χ3n) is 4.61. The summed E-state index contributed by atoms with van der Waals surface area (Å²) in [5.74, 6) is 0.334. The molecule has 2 heterocycles. The molecule has 0 unspecified atom stereocenters.